The van der Waals surface area contributed by atoms with Gasteiger partial charge in [0.1, 0.15) is 11.9 Å². The van der Waals surface area contributed by atoms with Gasteiger partial charge in [0.15, 0.2) is 0 Å². The summed E-state index contributed by atoms with van der Waals surface area (Å²) < 4.78 is 14.5. The van der Waals surface area contributed by atoms with Crippen molar-refractivity contribution in [3.8, 4) is 0 Å². The highest BCUT2D eigenvalue weighted by Crippen LogP contribution is 2.30. The highest BCUT2D eigenvalue weighted by molar-refractivity contribution is 5.98. The zero-order valence-corrected chi connectivity index (χ0v) is 14.9. The number of amides is 1. The number of nitrogens with two attached hydrogens (primary N) is 1. The summed E-state index contributed by atoms with van der Waals surface area (Å²) in [7, 11) is 0. The average Bonchev–Trinajstić information content (AvgIpc) is 2.62. The standard InChI is InChI=1S/C21H24FN3O/c1-4-9-19(24-15(3)23)21(26)25-20-17(12-8-13-18(20)22)14(2)16-10-6-5-7-11-16/h5-8,10-13,19,24H,2-4,9,23H2,1H3,(H,25,26). The van der Waals surface area contributed by atoms with Crippen LogP contribution >= 0.6 is 0 Å². The molecule has 1 atom stereocenters. The fourth-order valence-corrected chi connectivity index (χ4v) is 2.69. The van der Waals surface area contributed by atoms with E-state index < -0.39 is 11.9 Å². The zero-order valence-electron chi connectivity index (χ0n) is 14.9. The maximum absolute atomic E-state index is 14.5. The monoisotopic (exact) mass is 353 g/mol. The average molecular weight is 353 g/mol. The summed E-state index contributed by atoms with van der Waals surface area (Å²) in [4.78, 5) is 12.6. The fourth-order valence-electron chi connectivity index (χ4n) is 2.69. The molecule has 1 unspecified atom stereocenters. The Kier molecular flexibility index (Phi) is 6.55. The topological polar surface area (TPSA) is 67.1 Å². The van der Waals surface area contributed by atoms with Crippen molar-refractivity contribution in [3.05, 3.63) is 84.5 Å². The lowest BCUT2D eigenvalue weighted by Crippen LogP contribution is -2.41. The summed E-state index contributed by atoms with van der Waals surface area (Å²) in [5.74, 6) is -0.693. The molecule has 2 rings (SSSR count). The molecule has 4 nitrogen and oxygen atoms in total. The second-order valence-corrected chi connectivity index (χ2v) is 6.01. The highest BCUT2D eigenvalue weighted by atomic mass is 19.1. The quantitative estimate of drug-likeness (QED) is 0.672. The Bertz CT molecular complexity index is 802. The van der Waals surface area contributed by atoms with E-state index in [0.717, 1.165) is 12.0 Å². The first-order valence-corrected chi connectivity index (χ1v) is 8.49. The summed E-state index contributed by atoms with van der Waals surface area (Å²) in [5.41, 5.74) is 7.69. The molecule has 0 aliphatic heterocycles. The van der Waals surface area contributed by atoms with E-state index in [1.165, 1.54) is 6.07 Å². The minimum atomic E-state index is -0.588. The van der Waals surface area contributed by atoms with Crippen molar-refractivity contribution in [1.29, 1.82) is 0 Å². The van der Waals surface area contributed by atoms with Crippen molar-refractivity contribution in [2.45, 2.75) is 25.8 Å². The minimum absolute atomic E-state index is 0.108. The SMILES string of the molecule is C=C(N)NC(CCC)C(=O)Nc1c(F)cccc1C(=C)c1ccccc1. The lowest BCUT2D eigenvalue weighted by molar-refractivity contribution is -0.118. The Morgan fingerprint density at radius 3 is 2.46 bits per heavy atom. The third-order valence-electron chi connectivity index (χ3n) is 3.96. The number of rotatable bonds is 8. The number of halogens is 1. The molecule has 26 heavy (non-hydrogen) atoms. The zero-order chi connectivity index (χ0) is 19.1. The molecular weight excluding hydrogens is 329 g/mol. The van der Waals surface area contributed by atoms with E-state index >= 15 is 0 Å². The molecule has 0 aliphatic rings. The molecule has 0 aromatic heterocycles. The van der Waals surface area contributed by atoms with Crippen LogP contribution in [0, 0.1) is 5.82 Å². The number of hydrogen-bond donors (Lipinski definition) is 3. The van der Waals surface area contributed by atoms with Gasteiger partial charge in [-0.15, -0.1) is 0 Å². The highest BCUT2D eigenvalue weighted by Gasteiger charge is 2.21. The van der Waals surface area contributed by atoms with Gasteiger partial charge >= 0.3 is 0 Å². The van der Waals surface area contributed by atoms with E-state index in [4.69, 9.17) is 5.73 Å². The van der Waals surface area contributed by atoms with Gasteiger partial charge < -0.3 is 16.4 Å². The van der Waals surface area contributed by atoms with E-state index in [9.17, 15) is 9.18 Å². The lowest BCUT2D eigenvalue weighted by atomic mass is 9.97. The van der Waals surface area contributed by atoms with Gasteiger partial charge in [-0.1, -0.05) is 69.0 Å². The molecule has 4 N–H and O–H groups in total. The van der Waals surface area contributed by atoms with Crippen LogP contribution in [0.3, 0.4) is 0 Å². The van der Waals surface area contributed by atoms with Crippen molar-refractivity contribution in [3.63, 3.8) is 0 Å². The van der Waals surface area contributed by atoms with E-state index in [-0.39, 0.29) is 17.4 Å². The first kappa shape index (κ1) is 19.2. The largest absolute Gasteiger partial charge is 0.386 e. The van der Waals surface area contributed by atoms with Gasteiger partial charge in [-0.2, -0.15) is 0 Å². The van der Waals surface area contributed by atoms with Gasteiger partial charge in [0.25, 0.3) is 0 Å². The Morgan fingerprint density at radius 1 is 1.15 bits per heavy atom. The molecule has 0 saturated carbocycles. The summed E-state index contributed by atoms with van der Waals surface area (Å²) in [5, 5.41) is 5.51. The Morgan fingerprint density at radius 2 is 1.85 bits per heavy atom. The molecule has 0 bridgehead atoms. The second-order valence-electron chi connectivity index (χ2n) is 6.01. The smallest absolute Gasteiger partial charge is 0.246 e. The van der Waals surface area contributed by atoms with Crippen LogP contribution in [0.1, 0.15) is 30.9 Å². The van der Waals surface area contributed by atoms with Gasteiger partial charge in [-0.3, -0.25) is 4.79 Å². The van der Waals surface area contributed by atoms with Crippen LogP contribution in [0.2, 0.25) is 0 Å². The number of para-hydroxylation sites is 1. The number of benzene rings is 2. The first-order chi connectivity index (χ1) is 12.4. The maximum Gasteiger partial charge on any atom is 0.246 e. The van der Waals surface area contributed by atoms with Crippen LogP contribution in [-0.4, -0.2) is 11.9 Å². The number of carbonyl (C=O) groups is 1. The van der Waals surface area contributed by atoms with Crippen molar-refractivity contribution in [2.75, 3.05) is 5.32 Å². The maximum atomic E-state index is 14.5. The molecule has 1 amide bonds. The summed E-state index contributed by atoms with van der Waals surface area (Å²) in [6.45, 7) is 9.59. The summed E-state index contributed by atoms with van der Waals surface area (Å²) in [6, 6.07) is 13.5. The Balaban J connectivity index is 2.33. The first-order valence-electron chi connectivity index (χ1n) is 8.49. The van der Waals surface area contributed by atoms with Crippen LogP contribution < -0.4 is 16.4 Å². The summed E-state index contributed by atoms with van der Waals surface area (Å²) >= 11 is 0. The van der Waals surface area contributed by atoms with Crippen LogP contribution in [0.5, 0.6) is 0 Å². The van der Waals surface area contributed by atoms with Gasteiger partial charge in [0.05, 0.1) is 11.5 Å². The van der Waals surface area contributed by atoms with Crippen LogP contribution in [0.4, 0.5) is 10.1 Å². The summed E-state index contributed by atoms with van der Waals surface area (Å²) in [6.07, 6.45) is 1.31. The van der Waals surface area contributed by atoms with Gasteiger partial charge in [0, 0.05) is 5.56 Å². The van der Waals surface area contributed by atoms with Gasteiger partial charge in [0.2, 0.25) is 5.91 Å². The number of anilines is 1. The fraction of sp³-hybridized carbons (Fsp3) is 0.190. The molecule has 0 aliphatic carbocycles. The van der Waals surface area contributed by atoms with Crippen molar-refractivity contribution < 1.29 is 9.18 Å². The number of hydrogen-bond acceptors (Lipinski definition) is 3. The van der Waals surface area contributed by atoms with Crippen molar-refractivity contribution in [1.82, 2.24) is 5.32 Å². The molecule has 0 spiro atoms. The minimum Gasteiger partial charge on any atom is -0.386 e. The Labute approximate surface area is 153 Å². The molecule has 0 fully saturated rings. The van der Waals surface area contributed by atoms with Crippen LogP contribution in [0.25, 0.3) is 5.57 Å². The van der Waals surface area contributed by atoms with Crippen molar-refractivity contribution >= 4 is 17.2 Å². The van der Waals surface area contributed by atoms with Gasteiger partial charge in [-0.25, -0.2) is 4.39 Å². The molecule has 2 aromatic carbocycles. The molecule has 2 aromatic rings. The molecule has 5 heteroatoms. The van der Waals surface area contributed by atoms with Gasteiger partial charge in [-0.05, 0) is 23.6 Å². The van der Waals surface area contributed by atoms with Crippen molar-refractivity contribution in [2.24, 2.45) is 5.73 Å². The van der Waals surface area contributed by atoms with E-state index in [1.807, 2.05) is 37.3 Å². The van der Waals surface area contributed by atoms with E-state index in [2.05, 4.69) is 23.8 Å². The predicted molar refractivity (Wildman–Crippen MR) is 105 cm³/mol. The Hall–Kier alpha value is -3.08. The number of carbonyl (C=O) groups excluding carboxylic acids is 1. The van der Waals surface area contributed by atoms with Crippen LogP contribution in [0.15, 0.2) is 67.5 Å². The molecule has 0 saturated heterocycles. The molecular formula is C21H24FN3O. The second kappa shape index (κ2) is 8.85. The van der Waals surface area contributed by atoms with E-state index in [0.29, 0.717) is 17.6 Å². The predicted octanol–water partition coefficient (Wildman–Crippen LogP) is 4.01. The third-order valence-corrected chi connectivity index (χ3v) is 3.96. The number of nitrogens with one attached hydrogen (secondary N) is 2. The van der Waals surface area contributed by atoms with E-state index in [1.54, 1.807) is 12.1 Å². The normalized spacial score (nSPS) is 11.5. The third kappa shape index (κ3) is 4.72. The molecule has 0 heterocycles. The van der Waals surface area contributed by atoms with Crippen LogP contribution in [-0.2, 0) is 4.79 Å². The molecule has 136 valence electrons. The molecule has 0 radical (unpaired) electrons. The lowest BCUT2D eigenvalue weighted by Gasteiger charge is -2.20.